The number of carbonyl (C=O) groups is 1. The molecular weight excluding hydrogens is 264 g/mol. The fourth-order valence-corrected chi connectivity index (χ4v) is 2.02. The molecule has 2 rings (SSSR count). The Hall–Kier alpha value is -2.49. The molecule has 0 aromatic heterocycles. The van der Waals surface area contributed by atoms with Gasteiger partial charge in [0.1, 0.15) is 5.75 Å². The number of rotatable bonds is 4. The molecule has 0 N–H and O–H groups in total. The minimum Gasteiger partial charge on any atom is -0.497 e. The lowest BCUT2D eigenvalue weighted by Gasteiger charge is -2.19. The zero-order chi connectivity index (χ0) is 15.4. The summed E-state index contributed by atoms with van der Waals surface area (Å²) in [4.78, 5) is 16.1. The van der Waals surface area contributed by atoms with Gasteiger partial charge in [0.05, 0.1) is 7.11 Å². The van der Waals surface area contributed by atoms with Crippen LogP contribution in [0.25, 0.3) is 0 Å². The molecule has 0 atom stereocenters. The van der Waals surface area contributed by atoms with E-state index in [0.29, 0.717) is 5.56 Å². The zero-order valence-corrected chi connectivity index (χ0v) is 12.8. The van der Waals surface area contributed by atoms with E-state index in [-0.39, 0.29) is 5.91 Å². The van der Waals surface area contributed by atoms with Gasteiger partial charge in [-0.3, -0.25) is 4.79 Å². The molecule has 0 saturated carbocycles. The van der Waals surface area contributed by atoms with Gasteiger partial charge in [0, 0.05) is 38.1 Å². The number of methoxy groups -OCH3 is 1. The number of hydrogen-bond acceptors (Lipinski definition) is 3. The van der Waals surface area contributed by atoms with Crippen molar-refractivity contribution in [1.82, 2.24) is 0 Å². The molecule has 0 bridgehead atoms. The summed E-state index contributed by atoms with van der Waals surface area (Å²) in [7, 11) is 7.36. The van der Waals surface area contributed by atoms with Crippen LogP contribution in [0.4, 0.5) is 11.4 Å². The summed E-state index contributed by atoms with van der Waals surface area (Å²) in [6, 6.07) is 15.0. The zero-order valence-electron chi connectivity index (χ0n) is 12.8. The van der Waals surface area contributed by atoms with Crippen LogP contribution in [0.15, 0.2) is 48.5 Å². The number of anilines is 2. The van der Waals surface area contributed by atoms with E-state index in [1.165, 1.54) is 0 Å². The van der Waals surface area contributed by atoms with Crippen LogP contribution in [-0.2, 0) is 0 Å². The maximum atomic E-state index is 12.4. The predicted octanol–water partition coefficient (Wildman–Crippen LogP) is 3.04. The van der Waals surface area contributed by atoms with Gasteiger partial charge in [0.15, 0.2) is 0 Å². The molecule has 110 valence electrons. The van der Waals surface area contributed by atoms with Crippen molar-refractivity contribution in [1.29, 1.82) is 0 Å². The Bertz CT molecular complexity index is 604. The van der Waals surface area contributed by atoms with Crippen molar-refractivity contribution in [2.24, 2.45) is 0 Å². The second-order valence-electron chi connectivity index (χ2n) is 5.00. The average molecular weight is 284 g/mol. The van der Waals surface area contributed by atoms with Gasteiger partial charge >= 0.3 is 0 Å². The van der Waals surface area contributed by atoms with Crippen molar-refractivity contribution in [2.45, 2.75) is 0 Å². The van der Waals surface area contributed by atoms with Crippen LogP contribution in [0.2, 0.25) is 0 Å². The van der Waals surface area contributed by atoms with Crippen molar-refractivity contribution < 1.29 is 9.53 Å². The fraction of sp³-hybridized carbons (Fsp3) is 0.235. The molecule has 0 spiro atoms. The highest BCUT2D eigenvalue weighted by Gasteiger charge is 2.13. The number of nitrogens with zero attached hydrogens (tertiary/aromatic N) is 2. The van der Waals surface area contributed by atoms with Crippen LogP contribution >= 0.6 is 0 Å². The Morgan fingerprint density at radius 1 is 0.857 bits per heavy atom. The molecule has 0 aliphatic rings. The van der Waals surface area contributed by atoms with Crippen molar-refractivity contribution in [2.75, 3.05) is 38.1 Å². The Morgan fingerprint density at radius 2 is 1.38 bits per heavy atom. The second-order valence-corrected chi connectivity index (χ2v) is 5.00. The number of benzene rings is 2. The van der Waals surface area contributed by atoms with Crippen molar-refractivity contribution >= 4 is 17.3 Å². The predicted molar refractivity (Wildman–Crippen MR) is 86.5 cm³/mol. The summed E-state index contributed by atoms with van der Waals surface area (Å²) < 4.78 is 5.10. The van der Waals surface area contributed by atoms with E-state index in [2.05, 4.69) is 0 Å². The molecule has 21 heavy (non-hydrogen) atoms. The maximum Gasteiger partial charge on any atom is 0.258 e. The Morgan fingerprint density at radius 3 is 1.86 bits per heavy atom. The molecule has 0 heterocycles. The standard InChI is InChI=1S/C17H20N2O2/c1-18(2)14-7-9-15(10-8-14)19(3)17(20)13-5-11-16(21-4)12-6-13/h5-12H,1-4H3. The van der Waals surface area contributed by atoms with E-state index in [9.17, 15) is 4.79 Å². The summed E-state index contributed by atoms with van der Waals surface area (Å²) in [6.07, 6.45) is 0. The van der Waals surface area contributed by atoms with Gasteiger partial charge in [-0.1, -0.05) is 0 Å². The van der Waals surface area contributed by atoms with E-state index in [1.54, 1.807) is 43.3 Å². The Kier molecular flexibility index (Phi) is 4.48. The van der Waals surface area contributed by atoms with Gasteiger partial charge in [-0.25, -0.2) is 0 Å². The summed E-state index contributed by atoms with van der Waals surface area (Å²) in [5.41, 5.74) is 2.60. The first-order valence-corrected chi connectivity index (χ1v) is 6.72. The third-order valence-electron chi connectivity index (χ3n) is 3.40. The van der Waals surface area contributed by atoms with Gasteiger partial charge in [0.25, 0.3) is 5.91 Å². The monoisotopic (exact) mass is 284 g/mol. The van der Waals surface area contributed by atoms with Crippen LogP contribution in [0.5, 0.6) is 5.75 Å². The van der Waals surface area contributed by atoms with Gasteiger partial charge in [-0.15, -0.1) is 0 Å². The molecule has 2 aromatic carbocycles. The Balaban J connectivity index is 2.17. The van der Waals surface area contributed by atoms with Crippen molar-refractivity contribution in [3.8, 4) is 5.75 Å². The third-order valence-corrected chi connectivity index (χ3v) is 3.40. The molecule has 0 saturated heterocycles. The molecular formula is C17H20N2O2. The maximum absolute atomic E-state index is 12.4. The molecule has 0 fully saturated rings. The minimum atomic E-state index is -0.0461. The first kappa shape index (κ1) is 14.9. The average Bonchev–Trinajstić information content (AvgIpc) is 2.53. The van der Waals surface area contributed by atoms with E-state index < -0.39 is 0 Å². The molecule has 0 radical (unpaired) electrons. The molecule has 2 aromatic rings. The summed E-state index contributed by atoms with van der Waals surface area (Å²) in [5.74, 6) is 0.694. The molecule has 4 nitrogen and oxygen atoms in total. The van der Waals surface area contributed by atoms with E-state index in [1.807, 2.05) is 43.3 Å². The number of ether oxygens (including phenoxy) is 1. The SMILES string of the molecule is COc1ccc(C(=O)N(C)c2ccc(N(C)C)cc2)cc1. The van der Waals surface area contributed by atoms with E-state index in [4.69, 9.17) is 4.74 Å². The normalized spacial score (nSPS) is 10.1. The van der Waals surface area contributed by atoms with Gasteiger partial charge < -0.3 is 14.5 Å². The van der Waals surface area contributed by atoms with Crippen LogP contribution < -0.4 is 14.5 Å². The van der Waals surface area contributed by atoms with Crippen LogP contribution in [-0.4, -0.2) is 34.2 Å². The van der Waals surface area contributed by atoms with Crippen LogP contribution in [0.3, 0.4) is 0 Å². The second kappa shape index (κ2) is 6.31. The van der Waals surface area contributed by atoms with Gasteiger partial charge in [0.2, 0.25) is 0 Å². The summed E-state index contributed by atoms with van der Waals surface area (Å²) >= 11 is 0. The highest BCUT2D eigenvalue weighted by molar-refractivity contribution is 6.05. The lowest BCUT2D eigenvalue weighted by atomic mass is 10.1. The molecule has 0 aliphatic heterocycles. The number of hydrogen-bond donors (Lipinski definition) is 0. The van der Waals surface area contributed by atoms with Crippen LogP contribution in [0, 0.1) is 0 Å². The molecule has 4 heteroatoms. The summed E-state index contributed by atoms with van der Waals surface area (Å²) in [5, 5.41) is 0. The minimum absolute atomic E-state index is 0.0461. The van der Waals surface area contributed by atoms with Crippen molar-refractivity contribution in [3.63, 3.8) is 0 Å². The van der Waals surface area contributed by atoms with Crippen molar-refractivity contribution in [3.05, 3.63) is 54.1 Å². The lowest BCUT2D eigenvalue weighted by Crippen LogP contribution is -2.26. The topological polar surface area (TPSA) is 32.8 Å². The van der Waals surface area contributed by atoms with Gasteiger partial charge in [-0.05, 0) is 48.5 Å². The van der Waals surface area contributed by atoms with E-state index >= 15 is 0 Å². The van der Waals surface area contributed by atoms with E-state index in [0.717, 1.165) is 17.1 Å². The highest BCUT2D eigenvalue weighted by Crippen LogP contribution is 2.21. The smallest absolute Gasteiger partial charge is 0.258 e. The Labute approximate surface area is 125 Å². The lowest BCUT2D eigenvalue weighted by molar-refractivity contribution is 0.0993. The number of carbonyl (C=O) groups excluding carboxylic acids is 1. The van der Waals surface area contributed by atoms with Gasteiger partial charge in [-0.2, -0.15) is 0 Å². The fourth-order valence-electron chi connectivity index (χ4n) is 2.02. The highest BCUT2D eigenvalue weighted by atomic mass is 16.5. The first-order chi connectivity index (χ1) is 10.0. The van der Waals surface area contributed by atoms with Crippen LogP contribution in [0.1, 0.15) is 10.4 Å². The largest absolute Gasteiger partial charge is 0.497 e. The number of amides is 1. The summed E-state index contributed by atoms with van der Waals surface area (Å²) in [6.45, 7) is 0. The molecule has 0 unspecified atom stereocenters. The molecule has 1 amide bonds. The quantitative estimate of drug-likeness (QED) is 0.865. The molecule has 0 aliphatic carbocycles. The first-order valence-electron chi connectivity index (χ1n) is 6.72. The third kappa shape index (κ3) is 3.34.